The van der Waals surface area contributed by atoms with E-state index in [2.05, 4.69) is 4.98 Å². The van der Waals surface area contributed by atoms with Crippen LogP contribution in [0, 0.1) is 6.92 Å². The van der Waals surface area contributed by atoms with Crippen molar-refractivity contribution in [2.45, 2.75) is 27.3 Å². The zero-order chi connectivity index (χ0) is 13.0. The average Bonchev–Trinajstić information content (AvgIpc) is 2.27. The van der Waals surface area contributed by atoms with Crippen LogP contribution in [0.2, 0.25) is 0 Å². The molecule has 1 N–H and O–H groups in total. The van der Waals surface area contributed by atoms with Crippen molar-refractivity contribution in [1.82, 2.24) is 14.5 Å². The number of hydrogen-bond donors (Lipinski definition) is 1. The number of aromatic amines is 1. The molecule has 1 rings (SSSR count). The van der Waals surface area contributed by atoms with Gasteiger partial charge in [0.1, 0.15) is 6.54 Å². The predicted octanol–water partition coefficient (Wildman–Crippen LogP) is -0.287. The Balaban J connectivity index is 2.96. The van der Waals surface area contributed by atoms with E-state index >= 15 is 0 Å². The van der Waals surface area contributed by atoms with E-state index in [1.54, 1.807) is 11.8 Å². The second-order valence-electron chi connectivity index (χ2n) is 3.77. The molecule has 0 radical (unpaired) electrons. The summed E-state index contributed by atoms with van der Waals surface area (Å²) in [5, 5.41) is 0. The number of hydrogen-bond acceptors (Lipinski definition) is 3. The maximum absolute atomic E-state index is 11.8. The van der Waals surface area contributed by atoms with Gasteiger partial charge in [0, 0.05) is 24.8 Å². The van der Waals surface area contributed by atoms with E-state index < -0.39 is 11.2 Å². The lowest BCUT2D eigenvalue weighted by Gasteiger charge is -2.18. The van der Waals surface area contributed by atoms with Gasteiger partial charge in [-0.2, -0.15) is 0 Å². The van der Waals surface area contributed by atoms with Gasteiger partial charge in [0.15, 0.2) is 0 Å². The molecule has 0 saturated heterocycles. The summed E-state index contributed by atoms with van der Waals surface area (Å²) >= 11 is 0. The van der Waals surface area contributed by atoms with Crippen LogP contribution in [0.4, 0.5) is 0 Å². The summed E-state index contributed by atoms with van der Waals surface area (Å²) in [7, 11) is 0. The highest BCUT2D eigenvalue weighted by molar-refractivity contribution is 5.75. The van der Waals surface area contributed by atoms with Gasteiger partial charge >= 0.3 is 5.69 Å². The van der Waals surface area contributed by atoms with Gasteiger partial charge in [-0.25, -0.2) is 4.79 Å². The number of amides is 1. The Morgan fingerprint density at radius 3 is 2.47 bits per heavy atom. The Morgan fingerprint density at radius 1 is 1.35 bits per heavy atom. The zero-order valence-electron chi connectivity index (χ0n) is 10.3. The van der Waals surface area contributed by atoms with Gasteiger partial charge in [-0.15, -0.1) is 0 Å². The van der Waals surface area contributed by atoms with E-state index in [1.807, 2.05) is 13.8 Å². The van der Waals surface area contributed by atoms with E-state index in [9.17, 15) is 14.4 Å². The largest absolute Gasteiger partial charge is 0.342 e. The molecule has 0 saturated carbocycles. The second-order valence-corrected chi connectivity index (χ2v) is 3.77. The van der Waals surface area contributed by atoms with Crippen molar-refractivity contribution < 1.29 is 4.79 Å². The van der Waals surface area contributed by atoms with E-state index in [1.165, 1.54) is 10.8 Å². The Labute approximate surface area is 98.9 Å². The molecule has 0 unspecified atom stereocenters. The number of carbonyl (C=O) groups excluding carboxylic acids is 1. The van der Waals surface area contributed by atoms with E-state index in [0.29, 0.717) is 18.7 Å². The Bertz CT molecular complexity index is 511. The molecule has 0 aromatic carbocycles. The quantitative estimate of drug-likeness (QED) is 0.784. The van der Waals surface area contributed by atoms with Crippen LogP contribution >= 0.6 is 0 Å². The molecule has 1 aromatic heterocycles. The van der Waals surface area contributed by atoms with Crippen LogP contribution in [0.3, 0.4) is 0 Å². The minimum Gasteiger partial charge on any atom is -0.342 e. The van der Waals surface area contributed by atoms with Crippen LogP contribution in [0.5, 0.6) is 0 Å². The molecule has 17 heavy (non-hydrogen) atoms. The van der Waals surface area contributed by atoms with Gasteiger partial charge in [-0.1, -0.05) is 0 Å². The molecule has 0 aliphatic rings. The minimum atomic E-state index is -0.555. The lowest BCUT2D eigenvalue weighted by Crippen LogP contribution is -2.38. The number of likely N-dealkylation sites (N-methyl/N-ethyl adjacent to an activating group) is 1. The van der Waals surface area contributed by atoms with Crippen molar-refractivity contribution in [1.29, 1.82) is 0 Å². The molecule has 0 spiro atoms. The molecule has 1 aromatic rings. The van der Waals surface area contributed by atoms with E-state index in [-0.39, 0.29) is 12.5 Å². The van der Waals surface area contributed by atoms with Crippen molar-refractivity contribution in [3.8, 4) is 0 Å². The van der Waals surface area contributed by atoms with E-state index in [4.69, 9.17) is 0 Å². The number of nitrogens with zero attached hydrogens (tertiary/aromatic N) is 2. The first-order chi connectivity index (χ1) is 7.99. The molecule has 1 heterocycles. The number of rotatable bonds is 4. The van der Waals surface area contributed by atoms with Gasteiger partial charge in [-0.3, -0.25) is 19.1 Å². The Kier molecular flexibility index (Phi) is 4.25. The van der Waals surface area contributed by atoms with Crippen molar-refractivity contribution in [2.24, 2.45) is 0 Å². The number of aromatic nitrogens is 2. The molecule has 1 amide bonds. The second kappa shape index (κ2) is 5.47. The smallest absolute Gasteiger partial charge is 0.328 e. The van der Waals surface area contributed by atoms with Crippen LogP contribution in [0.25, 0.3) is 0 Å². The van der Waals surface area contributed by atoms with Crippen LogP contribution in [0.15, 0.2) is 15.8 Å². The van der Waals surface area contributed by atoms with Crippen molar-refractivity contribution >= 4 is 5.91 Å². The fourth-order valence-corrected chi connectivity index (χ4v) is 1.56. The van der Waals surface area contributed by atoms with Gasteiger partial charge in [0.25, 0.3) is 5.56 Å². The summed E-state index contributed by atoms with van der Waals surface area (Å²) in [5.74, 6) is -0.136. The molecule has 94 valence electrons. The highest BCUT2D eigenvalue weighted by Crippen LogP contribution is 1.92. The third-order valence-corrected chi connectivity index (χ3v) is 2.61. The van der Waals surface area contributed by atoms with Gasteiger partial charge in [0.05, 0.1) is 0 Å². The molecule has 0 bridgehead atoms. The van der Waals surface area contributed by atoms with Crippen molar-refractivity contribution in [3.05, 3.63) is 32.6 Å². The normalized spacial score (nSPS) is 10.3. The van der Waals surface area contributed by atoms with Crippen molar-refractivity contribution in [3.63, 3.8) is 0 Å². The van der Waals surface area contributed by atoms with Crippen LogP contribution in [-0.4, -0.2) is 33.4 Å². The molecular weight excluding hydrogens is 222 g/mol. The van der Waals surface area contributed by atoms with E-state index in [0.717, 1.165) is 0 Å². The van der Waals surface area contributed by atoms with Crippen LogP contribution in [-0.2, 0) is 11.3 Å². The molecule has 0 aliphatic carbocycles. The van der Waals surface area contributed by atoms with Crippen LogP contribution < -0.4 is 11.2 Å². The Hall–Kier alpha value is -1.85. The summed E-state index contributed by atoms with van der Waals surface area (Å²) in [4.78, 5) is 38.2. The first-order valence-corrected chi connectivity index (χ1v) is 5.57. The third kappa shape index (κ3) is 3.05. The highest BCUT2D eigenvalue weighted by Gasteiger charge is 2.11. The standard InChI is InChI=1S/C11H17N3O3/c1-4-13(5-2)9(15)7-14-6-8(3)10(16)12-11(14)17/h6H,4-5,7H2,1-3H3,(H,12,16,17). The summed E-state index contributed by atoms with van der Waals surface area (Å²) in [5.41, 5.74) is -0.556. The summed E-state index contributed by atoms with van der Waals surface area (Å²) in [6, 6.07) is 0. The molecule has 0 fully saturated rings. The zero-order valence-corrected chi connectivity index (χ0v) is 10.3. The monoisotopic (exact) mass is 239 g/mol. The number of carbonyl (C=O) groups is 1. The summed E-state index contributed by atoms with van der Waals surface area (Å²) < 4.78 is 1.22. The number of H-pyrrole nitrogens is 1. The fourth-order valence-electron chi connectivity index (χ4n) is 1.56. The summed E-state index contributed by atoms with van der Waals surface area (Å²) in [6.07, 6.45) is 1.41. The SMILES string of the molecule is CCN(CC)C(=O)Cn1cc(C)c(=O)[nH]c1=O. The number of aryl methyl sites for hydroxylation is 1. The third-order valence-electron chi connectivity index (χ3n) is 2.61. The average molecular weight is 239 g/mol. The maximum atomic E-state index is 11.8. The van der Waals surface area contributed by atoms with Gasteiger partial charge < -0.3 is 4.90 Å². The lowest BCUT2D eigenvalue weighted by atomic mass is 10.4. The maximum Gasteiger partial charge on any atom is 0.328 e. The summed E-state index contributed by atoms with van der Waals surface area (Å²) in [6.45, 7) is 6.51. The van der Waals surface area contributed by atoms with Gasteiger partial charge in [-0.05, 0) is 20.8 Å². The molecule has 0 aliphatic heterocycles. The topological polar surface area (TPSA) is 75.2 Å². The fraction of sp³-hybridized carbons (Fsp3) is 0.545. The van der Waals surface area contributed by atoms with Gasteiger partial charge in [0.2, 0.25) is 5.91 Å². The predicted molar refractivity (Wildman–Crippen MR) is 64.0 cm³/mol. The number of nitrogens with one attached hydrogen (secondary N) is 1. The van der Waals surface area contributed by atoms with Crippen molar-refractivity contribution in [2.75, 3.05) is 13.1 Å². The Morgan fingerprint density at radius 2 is 1.94 bits per heavy atom. The minimum absolute atomic E-state index is 0.0435. The first kappa shape index (κ1) is 13.2. The molecular formula is C11H17N3O3. The lowest BCUT2D eigenvalue weighted by molar-refractivity contribution is -0.131. The molecule has 6 heteroatoms. The molecule has 0 atom stereocenters. The van der Waals surface area contributed by atoms with Crippen LogP contribution in [0.1, 0.15) is 19.4 Å². The first-order valence-electron chi connectivity index (χ1n) is 5.57. The molecule has 6 nitrogen and oxygen atoms in total. The highest BCUT2D eigenvalue weighted by atomic mass is 16.2.